The Morgan fingerprint density at radius 3 is 2.66 bits per heavy atom. The zero-order chi connectivity index (χ0) is 23.0. The third kappa shape index (κ3) is 4.06. The first-order valence-electron chi connectivity index (χ1n) is 9.33. The van der Waals surface area contributed by atoms with E-state index in [1.54, 1.807) is 16.9 Å². The number of ether oxygens (including phenoxy) is 1. The number of anilines is 2. The first-order chi connectivity index (χ1) is 15.2. The molecule has 1 aliphatic heterocycles. The van der Waals surface area contributed by atoms with Crippen molar-refractivity contribution in [1.82, 2.24) is 24.2 Å². The van der Waals surface area contributed by atoms with Gasteiger partial charge in [-0.15, -0.1) is 0 Å². The quantitative estimate of drug-likeness (QED) is 0.256. The lowest BCUT2D eigenvalue weighted by atomic mass is 10.1. The molecule has 3 heterocycles. The number of nitrogen functional groups attached to an aromatic ring is 2. The number of carbonyl (C=O) groups excluding carboxylic acids is 1. The van der Waals surface area contributed by atoms with Crippen LogP contribution in [0.3, 0.4) is 0 Å². The maximum Gasteiger partial charge on any atom is 0.362 e. The van der Waals surface area contributed by atoms with Crippen molar-refractivity contribution in [3.8, 4) is 0 Å². The highest BCUT2D eigenvalue weighted by molar-refractivity contribution is 7.85. The monoisotopic (exact) mass is 463 g/mol. The summed E-state index contributed by atoms with van der Waals surface area (Å²) in [7, 11) is -4.47. The molecule has 0 bridgehead atoms. The Morgan fingerprint density at radius 1 is 1.16 bits per heavy atom. The van der Waals surface area contributed by atoms with Crippen LogP contribution in [-0.4, -0.2) is 58.6 Å². The number of benzene rings is 1. The largest absolute Gasteiger partial charge is 0.398 e. The van der Waals surface area contributed by atoms with Crippen LogP contribution in [0.2, 0.25) is 0 Å². The molecule has 0 radical (unpaired) electrons. The van der Waals surface area contributed by atoms with E-state index in [0.717, 1.165) is 0 Å². The molecular formula is C17H21N9O5S. The molecule has 4 atom stereocenters. The molecule has 1 aliphatic rings. The van der Waals surface area contributed by atoms with Crippen LogP contribution in [0.4, 0.5) is 11.5 Å². The van der Waals surface area contributed by atoms with Gasteiger partial charge in [0.2, 0.25) is 0 Å². The molecule has 4 rings (SSSR count). The number of hydrogen-bond acceptors (Lipinski definition) is 12. The highest BCUT2D eigenvalue weighted by atomic mass is 32.2. The van der Waals surface area contributed by atoms with Crippen LogP contribution >= 0.6 is 0 Å². The number of amides is 1. The van der Waals surface area contributed by atoms with Crippen molar-refractivity contribution in [2.75, 3.05) is 18.1 Å². The molecule has 0 spiro atoms. The minimum Gasteiger partial charge on any atom is -0.398 e. The van der Waals surface area contributed by atoms with Gasteiger partial charge in [-0.05, 0) is 12.1 Å². The van der Waals surface area contributed by atoms with E-state index >= 15 is 0 Å². The number of nitrogens with zero attached hydrogens (tertiary/aromatic N) is 4. The van der Waals surface area contributed by atoms with Gasteiger partial charge in [-0.1, -0.05) is 12.1 Å². The van der Waals surface area contributed by atoms with Crippen molar-refractivity contribution in [1.29, 1.82) is 0 Å². The summed E-state index contributed by atoms with van der Waals surface area (Å²) in [6.45, 7) is -0.484. The Hall–Kier alpha value is -3.37. The van der Waals surface area contributed by atoms with E-state index in [1.165, 1.54) is 29.4 Å². The third-order valence-corrected chi connectivity index (χ3v) is 5.87. The number of nitrogens with one attached hydrogen (secondary N) is 1. The number of hydrogen-bond donors (Lipinski definition) is 5. The molecule has 0 saturated carbocycles. The van der Waals surface area contributed by atoms with Crippen molar-refractivity contribution in [2.24, 2.45) is 11.5 Å². The zero-order valence-electron chi connectivity index (χ0n) is 16.5. The summed E-state index contributed by atoms with van der Waals surface area (Å²) >= 11 is 0. The van der Waals surface area contributed by atoms with Gasteiger partial charge < -0.3 is 27.7 Å². The smallest absolute Gasteiger partial charge is 0.362 e. The molecule has 2 aromatic heterocycles. The predicted molar refractivity (Wildman–Crippen MR) is 113 cm³/mol. The molecule has 9 N–H and O–H groups in total. The summed E-state index contributed by atoms with van der Waals surface area (Å²) in [5, 5.41) is 0. The first kappa shape index (κ1) is 21.8. The predicted octanol–water partition coefficient (Wildman–Crippen LogP) is -1.77. The number of rotatable bonds is 6. The summed E-state index contributed by atoms with van der Waals surface area (Å²) in [6.07, 6.45) is 0.989. The fourth-order valence-corrected chi connectivity index (χ4v) is 4.02. The second-order valence-electron chi connectivity index (χ2n) is 7.06. The summed E-state index contributed by atoms with van der Waals surface area (Å²) in [6, 6.07) is 4.48. The summed E-state index contributed by atoms with van der Waals surface area (Å²) in [5.74, 6) is -0.748. The molecule has 170 valence electrons. The number of carbonyl (C=O) groups is 1. The van der Waals surface area contributed by atoms with E-state index in [1.807, 2.05) is 0 Å². The highest BCUT2D eigenvalue weighted by Crippen LogP contribution is 2.30. The lowest BCUT2D eigenvalue weighted by Gasteiger charge is -2.17. The summed E-state index contributed by atoms with van der Waals surface area (Å²) < 4.78 is 38.5. The molecule has 0 aliphatic carbocycles. The van der Waals surface area contributed by atoms with Crippen molar-refractivity contribution in [2.45, 2.75) is 24.4 Å². The number of nitrogens with two attached hydrogens (primary N) is 4. The van der Waals surface area contributed by atoms with Gasteiger partial charge in [-0.2, -0.15) is 8.42 Å². The standard InChI is InChI=1S/C17H21N9O5S/c18-9-4-2-1-3-8(9)16(27)25-32(28,29)30-5-10-11(19)12(20)17(31-10)26-7-24-13-14(21)22-6-23-15(13)26/h1-4,6-7,10-12,17H,5,18-20H2,(H,25,27)(H2,21,22,23)/t10-,11-,12-,17-/m1/s1. The fraction of sp³-hybridized carbons (Fsp3) is 0.294. The molecular weight excluding hydrogens is 442 g/mol. The molecule has 32 heavy (non-hydrogen) atoms. The Labute approximate surface area is 182 Å². The lowest BCUT2D eigenvalue weighted by molar-refractivity contribution is -0.0206. The Morgan fingerprint density at radius 2 is 1.91 bits per heavy atom. The topological polar surface area (TPSA) is 229 Å². The fourth-order valence-electron chi connectivity index (χ4n) is 3.31. The van der Waals surface area contributed by atoms with E-state index in [4.69, 9.17) is 31.9 Å². The second-order valence-corrected chi connectivity index (χ2v) is 8.41. The van der Waals surface area contributed by atoms with E-state index in [2.05, 4.69) is 15.0 Å². The zero-order valence-corrected chi connectivity index (χ0v) is 17.3. The molecule has 0 unspecified atom stereocenters. The number of para-hydroxylation sites is 1. The number of imidazole rings is 1. The van der Waals surface area contributed by atoms with Gasteiger partial charge in [-0.3, -0.25) is 13.5 Å². The Balaban J connectivity index is 1.44. The van der Waals surface area contributed by atoms with Gasteiger partial charge in [0.15, 0.2) is 17.7 Å². The van der Waals surface area contributed by atoms with Gasteiger partial charge in [0.25, 0.3) is 5.91 Å². The lowest BCUT2D eigenvalue weighted by Crippen LogP contribution is -2.47. The Kier molecular flexibility index (Phi) is 5.66. The van der Waals surface area contributed by atoms with Gasteiger partial charge >= 0.3 is 10.3 Å². The van der Waals surface area contributed by atoms with Gasteiger partial charge in [0.1, 0.15) is 17.9 Å². The molecule has 1 amide bonds. The molecule has 1 saturated heterocycles. The van der Waals surface area contributed by atoms with Gasteiger partial charge in [-0.25, -0.2) is 19.7 Å². The molecule has 1 fully saturated rings. The summed E-state index contributed by atoms with van der Waals surface area (Å²) in [5.41, 5.74) is 24.6. The van der Waals surface area contributed by atoms with Crippen molar-refractivity contribution < 1.29 is 22.1 Å². The second kappa shape index (κ2) is 8.29. The van der Waals surface area contributed by atoms with Crippen LogP contribution in [0.1, 0.15) is 16.6 Å². The highest BCUT2D eigenvalue weighted by Gasteiger charge is 2.43. The molecule has 1 aromatic carbocycles. The van der Waals surface area contributed by atoms with Gasteiger partial charge in [0, 0.05) is 5.69 Å². The van der Waals surface area contributed by atoms with Crippen LogP contribution in [0.5, 0.6) is 0 Å². The molecule has 3 aromatic rings. The Bertz CT molecular complexity index is 1260. The summed E-state index contributed by atoms with van der Waals surface area (Å²) in [4.78, 5) is 24.3. The van der Waals surface area contributed by atoms with Crippen LogP contribution in [0.25, 0.3) is 11.2 Å². The maximum absolute atomic E-state index is 12.2. The average Bonchev–Trinajstić information content (AvgIpc) is 3.29. The van der Waals surface area contributed by atoms with Crippen LogP contribution < -0.4 is 27.7 Å². The third-order valence-electron chi connectivity index (χ3n) is 4.99. The van der Waals surface area contributed by atoms with E-state index in [0.29, 0.717) is 11.2 Å². The van der Waals surface area contributed by atoms with Crippen molar-refractivity contribution >= 4 is 38.9 Å². The number of fused-ring (bicyclic) bond motifs is 1. The SMILES string of the molecule is Nc1ccccc1C(=O)NS(=O)(=O)OC[C@H]1O[C@@H](n2cnc3c(N)ncnc32)[C@H](N)[C@@H]1N. The van der Waals surface area contributed by atoms with Crippen LogP contribution in [0.15, 0.2) is 36.9 Å². The van der Waals surface area contributed by atoms with E-state index in [-0.39, 0.29) is 17.1 Å². The van der Waals surface area contributed by atoms with Crippen LogP contribution in [0, 0.1) is 0 Å². The maximum atomic E-state index is 12.2. The normalized spacial score (nSPS) is 23.4. The average molecular weight is 463 g/mol. The molecule has 14 nitrogen and oxygen atoms in total. The number of aromatic nitrogens is 4. The van der Waals surface area contributed by atoms with Gasteiger partial charge in [0.05, 0.1) is 30.6 Å². The first-order valence-corrected chi connectivity index (χ1v) is 10.7. The van der Waals surface area contributed by atoms with E-state index < -0.39 is 47.2 Å². The van der Waals surface area contributed by atoms with Crippen molar-refractivity contribution in [3.05, 3.63) is 42.5 Å². The molecule has 15 heteroatoms. The minimum atomic E-state index is -4.47. The van der Waals surface area contributed by atoms with E-state index in [9.17, 15) is 13.2 Å². The minimum absolute atomic E-state index is 0.0103. The van der Waals surface area contributed by atoms with Crippen molar-refractivity contribution in [3.63, 3.8) is 0 Å². The van der Waals surface area contributed by atoms with Crippen LogP contribution in [-0.2, 0) is 19.2 Å².